The molecule has 5 heteroatoms. The Hall–Kier alpha value is -2.79. The van der Waals surface area contributed by atoms with Gasteiger partial charge < -0.3 is 14.4 Å². The van der Waals surface area contributed by atoms with Gasteiger partial charge in [-0.05, 0) is 75.7 Å². The van der Waals surface area contributed by atoms with Crippen LogP contribution in [0.5, 0.6) is 11.5 Å². The molecule has 164 valence electrons. The molecule has 2 aliphatic rings. The van der Waals surface area contributed by atoms with Gasteiger partial charge >= 0.3 is 0 Å². The number of carbonyl (C=O) groups is 1. The minimum absolute atomic E-state index is 0.000819. The first-order chi connectivity index (χ1) is 15.0. The van der Waals surface area contributed by atoms with Crippen LogP contribution in [0, 0.1) is 0 Å². The first-order valence-electron chi connectivity index (χ1n) is 11.0. The van der Waals surface area contributed by atoms with E-state index in [1.807, 2.05) is 47.4 Å². The molecule has 0 atom stereocenters. The van der Waals surface area contributed by atoms with Gasteiger partial charge in [0.15, 0.2) is 6.61 Å². The molecule has 2 aliphatic heterocycles. The van der Waals surface area contributed by atoms with Crippen LogP contribution in [0.25, 0.3) is 0 Å². The summed E-state index contributed by atoms with van der Waals surface area (Å²) in [6, 6.07) is 15.6. The van der Waals surface area contributed by atoms with E-state index in [2.05, 4.69) is 30.9 Å². The van der Waals surface area contributed by atoms with E-state index in [4.69, 9.17) is 9.47 Å². The molecule has 0 bridgehead atoms. The Balaban J connectivity index is 1.52. The Kier molecular flexibility index (Phi) is 6.33. The van der Waals surface area contributed by atoms with Gasteiger partial charge in [-0.2, -0.15) is 0 Å². The summed E-state index contributed by atoms with van der Waals surface area (Å²) in [6.45, 7) is 8.10. The average molecular weight is 421 g/mol. The van der Waals surface area contributed by atoms with Crippen molar-refractivity contribution in [1.29, 1.82) is 0 Å². The number of fused-ring (bicyclic) bond motifs is 2. The summed E-state index contributed by atoms with van der Waals surface area (Å²) in [5.74, 6) is 1.56. The van der Waals surface area contributed by atoms with E-state index in [0.717, 1.165) is 43.9 Å². The molecule has 5 nitrogen and oxygen atoms in total. The molecular weight excluding hydrogens is 388 g/mol. The number of allylic oxidation sites excluding steroid dienone is 1. The minimum atomic E-state index is -0.0201. The zero-order chi connectivity index (χ0) is 21.8. The van der Waals surface area contributed by atoms with E-state index in [1.165, 1.54) is 11.1 Å². The quantitative estimate of drug-likeness (QED) is 0.649. The first-order valence-corrected chi connectivity index (χ1v) is 11.0. The maximum atomic E-state index is 13.2. The van der Waals surface area contributed by atoms with Gasteiger partial charge in [0.2, 0.25) is 0 Å². The fraction of sp³-hybridized carbons (Fsp3) is 0.423. The lowest BCUT2D eigenvalue weighted by molar-refractivity contribution is -0.120. The van der Waals surface area contributed by atoms with Crippen molar-refractivity contribution in [2.75, 3.05) is 44.8 Å². The van der Waals surface area contributed by atoms with Gasteiger partial charge in [-0.1, -0.05) is 29.8 Å². The van der Waals surface area contributed by atoms with Crippen LogP contribution in [-0.2, 0) is 10.2 Å². The standard InChI is InChI=1S/C26H32N2O3/c1-20(2)11-14-27-15-12-26(13-16-27)19-28(24-10-9-22(30-3)17-23(24)26)25(29)18-31-21-7-5-4-6-8-21/h4-11,17H,12-16,18-19H2,1-3H3. The number of piperidine rings is 1. The predicted molar refractivity (Wildman–Crippen MR) is 124 cm³/mol. The molecule has 4 rings (SSSR count). The van der Waals surface area contributed by atoms with E-state index >= 15 is 0 Å². The lowest BCUT2D eigenvalue weighted by Gasteiger charge is -2.39. The number of ether oxygens (including phenoxy) is 2. The Morgan fingerprint density at radius 1 is 1.06 bits per heavy atom. The number of carbonyl (C=O) groups excluding carboxylic acids is 1. The van der Waals surface area contributed by atoms with Crippen molar-refractivity contribution >= 4 is 11.6 Å². The number of para-hydroxylation sites is 1. The van der Waals surface area contributed by atoms with Crippen LogP contribution in [-0.4, -0.2) is 50.7 Å². The Morgan fingerprint density at radius 3 is 2.48 bits per heavy atom. The molecule has 2 aromatic rings. The molecule has 0 aromatic heterocycles. The lowest BCUT2D eigenvalue weighted by atomic mass is 9.74. The lowest BCUT2D eigenvalue weighted by Crippen LogP contribution is -2.46. The molecule has 0 N–H and O–H groups in total. The number of hydrogen-bond donors (Lipinski definition) is 0. The van der Waals surface area contributed by atoms with Crippen molar-refractivity contribution in [3.8, 4) is 11.5 Å². The molecule has 1 amide bonds. The maximum Gasteiger partial charge on any atom is 0.264 e. The predicted octanol–water partition coefficient (Wildman–Crippen LogP) is 4.42. The summed E-state index contributed by atoms with van der Waals surface area (Å²) in [5.41, 5.74) is 3.57. The molecule has 0 aliphatic carbocycles. The monoisotopic (exact) mass is 420 g/mol. The van der Waals surface area contributed by atoms with Gasteiger partial charge in [0.25, 0.3) is 5.91 Å². The second-order valence-corrected chi connectivity index (χ2v) is 8.83. The molecular formula is C26H32N2O3. The van der Waals surface area contributed by atoms with Crippen LogP contribution in [0.15, 0.2) is 60.2 Å². The third-order valence-electron chi connectivity index (χ3n) is 6.50. The largest absolute Gasteiger partial charge is 0.497 e. The van der Waals surface area contributed by atoms with Gasteiger partial charge in [0.1, 0.15) is 11.5 Å². The highest BCUT2D eigenvalue weighted by molar-refractivity contribution is 5.97. The molecule has 31 heavy (non-hydrogen) atoms. The molecule has 1 spiro atoms. The zero-order valence-electron chi connectivity index (χ0n) is 18.8. The van der Waals surface area contributed by atoms with Crippen LogP contribution in [0.1, 0.15) is 32.3 Å². The minimum Gasteiger partial charge on any atom is -0.497 e. The summed E-state index contributed by atoms with van der Waals surface area (Å²) < 4.78 is 11.3. The van der Waals surface area contributed by atoms with Gasteiger partial charge in [-0.3, -0.25) is 9.69 Å². The van der Waals surface area contributed by atoms with Gasteiger partial charge in [-0.25, -0.2) is 0 Å². The fourth-order valence-corrected chi connectivity index (χ4v) is 4.64. The Labute approximate surface area is 185 Å². The number of rotatable bonds is 6. The van der Waals surface area contributed by atoms with E-state index in [-0.39, 0.29) is 17.9 Å². The van der Waals surface area contributed by atoms with Gasteiger partial charge in [0.05, 0.1) is 7.11 Å². The summed E-state index contributed by atoms with van der Waals surface area (Å²) in [5, 5.41) is 0. The zero-order valence-corrected chi connectivity index (χ0v) is 18.8. The highest BCUT2D eigenvalue weighted by Gasteiger charge is 2.46. The topological polar surface area (TPSA) is 42.0 Å². The number of methoxy groups -OCH3 is 1. The van der Waals surface area contributed by atoms with E-state index in [0.29, 0.717) is 12.3 Å². The van der Waals surface area contributed by atoms with Crippen molar-refractivity contribution in [2.24, 2.45) is 0 Å². The van der Waals surface area contributed by atoms with Gasteiger partial charge in [-0.15, -0.1) is 0 Å². The van der Waals surface area contributed by atoms with E-state index in [9.17, 15) is 4.79 Å². The number of hydrogen-bond acceptors (Lipinski definition) is 4. The molecule has 1 saturated heterocycles. The number of likely N-dealkylation sites (tertiary alicyclic amines) is 1. The Morgan fingerprint density at radius 2 is 1.81 bits per heavy atom. The molecule has 0 saturated carbocycles. The summed E-state index contributed by atoms with van der Waals surface area (Å²) in [4.78, 5) is 17.6. The van der Waals surface area contributed by atoms with Crippen molar-refractivity contribution in [3.05, 3.63) is 65.7 Å². The molecule has 2 heterocycles. The molecule has 1 fully saturated rings. The fourth-order valence-electron chi connectivity index (χ4n) is 4.64. The summed E-state index contributed by atoms with van der Waals surface area (Å²) >= 11 is 0. The van der Waals surface area contributed by atoms with Crippen LogP contribution in [0.2, 0.25) is 0 Å². The van der Waals surface area contributed by atoms with Crippen molar-refractivity contribution in [3.63, 3.8) is 0 Å². The first kappa shape index (κ1) is 21.4. The molecule has 0 unspecified atom stereocenters. The SMILES string of the molecule is COc1ccc2c(c1)C1(CCN(CC=C(C)C)CC1)CN2C(=O)COc1ccccc1. The highest BCUT2D eigenvalue weighted by Crippen LogP contribution is 2.48. The van der Waals surface area contributed by atoms with Gasteiger partial charge in [0, 0.05) is 24.2 Å². The third-order valence-corrected chi connectivity index (χ3v) is 6.50. The van der Waals surface area contributed by atoms with E-state index in [1.54, 1.807) is 7.11 Å². The highest BCUT2D eigenvalue weighted by atomic mass is 16.5. The van der Waals surface area contributed by atoms with Crippen LogP contribution in [0.3, 0.4) is 0 Å². The number of anilines is 1. The number of nitrogens with zero attached hydrogens (tertiary/aromatic N) is 2. The smallest absolute Gasteiger partial charge is 0.264 e. The third kappa shape index (κ3) is 4.62. The maximum absolute atomic E-state index is 13.2. The second-order valence-electron chi connectivity index (χ2n) is 8.83. The molecule has 0 radical (unpaired) electrons. The van der Waals surface area contributed by atoms with Crippen molar-refractivity contribution in [1.82, 2.24) is 4.90 Å². The van der Waals surface area contributed by atoms with Crippen molar-refractivity contribution in [2.45, 2.75) is 32.1 Å². The van der Waals surface area contributed by atoms with E-state index < -0.39 is 0 Å². The average Bonchev–Trinajstić information content (AvgIpc) is 3.11. The second kappa shape index (κ2) is 9.15. The Bertz CT molecular complexity index is 942. The van der Waals surface area contributed by atoms with Crippen molar-refractivity contribution < 1.29 is 14.3 Å². The summed E-state index contributed by atoms with van der Waals surface area (Å²) in [7, 11) is 1.70. The number of benzene rings is 2. The van der Waals surface area contributed by atoms with Crippen LogP contribution in [0.4, 0.5) is 5.69 Å². The normalized spacial score (nSPS) is 17.3. The summed E-state index contributed by atoms with van der Waals surface area (Å²) in [6.07, 6.45) is 4.36. The van der Waals surface area contributed by atoms with Crippen LogP contribution >= 0.6 is 0 Å². The van der Waals surface area contributed by atoms with Crippen LogP contribution < -0.4 is 14.4 Å². The number of amides is 1. The molecule has 2 aromatic carbocycles.